The van der Waals surface area contributed by atoms with Crippen molar-refractivity contribution < 1.29 is 4.79 Å². The van der Waals surface area contributed by atoms with E-state index in [1.54, 1.807) is 0 Å². The second-order valence-electron chi connectivity index (χ2n) is 5.65. The van der Waals surface area contributed by atoms with Crippen molar-refractivity contribution in [2.45, 2.75) is 45.7 Å². The second-order valence-corrected chi connectivity index (χ2v) is 5.65. The zero-order chi connectivity index (χ0) is 13.8. The lowest BCUT2D eigenvalue weighted by molar-refractivity contribution is -0.127. The number of hydrogen-bond donors (Lipinski definition) is 1. The first-order valence-electron chi connectivity index (χ1n) is 7.16. The molecule has 2 rings (SSSR count). The lowest BCUT2D eigenvalue weighted by atomic mass is 10.1. The van der Waals surface area contributed by atoms with Crippen molar-refractivity contribution in [1.82, 2.24) is 10.2 Å². The SMILES string of the molecule is Cc1cccc(C(C)NC(C)CN2CCCC2=O)c1. The fourth-order valence-electron chi connectivity index (χ4n) is 2.74. The molecule has 3 nitrogen and oxygen atoms in total. The highest BCUT2D eigenvalue weighted by Crippen LogP contribution is 2.15. The van der Waals surface area contributed by atoms with Gasteiger partial charge in [0.25, 0.3) is 0 Å². The van der Waals surface area contributed by atoms with Gasteiger partial charge in [-0.3, -0.25) is 4.79 Å². The molecule has 2 atom stereocenters. The van der Waals surface area contributed by atoms with Gasteiger partial charge in [-0.25, -0.2) is 0 Å². The molecule has 1 aromatic rings. The predicted molar refractivity (Wildman–Crippen MR) is 78.0 cm³/mol. The molecule has 0 radical (unpaired) electrons. The molecule has 1 aromatic carbocycles. The van der Waals surface area contributed by atoms with E-state index < -0.39 is 0 Å². The Morgan fingerprint density at radius 1 is 1.37 bits per heavy atom. The largest absolute Gasteiger partial charge is 0.341 e. The van der Waals surface area contributed by atoms with Gasteiger partial charge in [0.05, 0.1) is 0 Å². The standard InChI is InChI=1S/C16H24N2O/c1-12-6-4-7-15(10-12)14(3)17-13(2)11-18-9-5-8-16(18)19/h4,6-7,10,13-14,17H,5,8-9,11H2,1-3H3. The monoisotopic (exact) mass is 260 g/mol. The van der Waals surface area contributed by atoms with E-state index in [1.807, 2.05) is 4.90 Å². The van der Waals surface area contributed by atoms with Crippen LogP contribution in [0.15, 0.2) is 24.3 Å². The quantitative estimate of drug-likeness (QED) is 0.882. The normalized spacial score (nSPS) is 18.7. The zero-order valence-electron chi connectivity index (χ0n) is 12.1. The molecule has 19 heavy (non-hydrogen) atoms. The lowest BCUT2D eigenvalue weighted by Gasteiger charge is -2.25. The summed E-state index contributed by atoms with van der Waals surface area (Å²) < 4.78 is 0. The van der Waals surface area contributed by atoms with Gasteiger partial charge in [-0.05, 0) is 32.8 Å². The summed E-state index contributed by atoms with van der Waals surface area (Å²) in [5, 5.41) is 3.58. The number of likely N-dealkylation sites (tertiary alicyclic amines) is 1. The van der Waals surface area contributed by atoms with Gasteiger partial charge < -0.3 is 10.2 Å². The van der Waals surface area contributed by atoms with Crippen molar-refractivity contribution in [2.75, 3.05) is 13.1 Å². The van der Waals surface area contributed by atoms with E-state index in [1.165, 1.54) is 11.1 Å². The highest BCUT2D eigenvalue weighted by Gasteiger charge is 2.22. The Bertz CT molecular complexity index is 444. The molecule has 1 N–H and O–H groups in total. The molecule has 0 bridgehead atoms. The highest BCUT2D eigenvalue weighted by atomic mass is 16.2. The molecule has 0 saturated carbocycles. The molecule has 1 aliphatic rings. The lowest BCUT2D eigenvalue weighted by Crippen LogP contribution is -2.40. The molecule has 1 saturated heterocycles. The summed E-state index contributed by atoms with van der Waals surface area (Å²) >= 11 is 0. The van der Waals surface area contributed by atoms with Crippen LogP contribution in [0.2, 0.25) is 0 Å². The fraction of sp³-hybridized carbons (Fsp3) is 0.562. The second kappa shape index (κ2) is 6.20. The summed E-state index contributed by atoms with van der Waals surface area (Å²) in [4.78, 5) is 13.6. The third kappa shape index (κ3) is 3.80. The average Bonchev–Trinajstić information content (AvgIpc) is 2.75. The van der Waals surface area contributed by atoms with Gasteiger partial charge in [0, 0.05) is 31.6 Å². The first-order chi connectivity index (χ1) is 9.06. The van der Waals surface area contributed by atoms with Crippen LogP contribution in [0.4, 0.5) is 0 Å². The number of benzene rings is 1. The fourth-order valence-corrected chi connectivity index (χ4v) is 2.74. The van der Waals surface area contributed by atoms with Crippen LogP contribution in [0.1, 0.15) is 43.9 Å². The van der Waals surface area contributed by atoms with Gasteiger partial charge in [0.2, 0.25) is 5.91 Å². The molecule has 0 spiro atoms. The molecule has 1 fully saturated rings. The summed E-state index contributed by atoms with van der Waals surface area (Å²) in [6.07, 6.45) is 1.74. The van der Waals surface area contributed by atoms with Crippen LogP contribution in [0.5, 0.6) is 0 Å². The number of rotatable bonds is 5. The van der Waals surface area contributed by atoms with Crippen LogP contribution in [0, 0.1) is 6.92 Å². The number of aryl methyl sites for hydroxylation is 1. The Morgan fingerprint density at radius 3 is 2.79 bits per heavy atom. The Hall–Kier alpha value is -1.35. The van der Waals surface area contributed by atoms with Gasteiger partial charge in [0.15, 0.2) is 0 Å². The Labute approximate surface area is 116 Å². The van der Waals surface area contributed by atoms with Crippen molar-refractivity contribution in [1.29, 1.82) is 0 Å². The van der Waals surface area contributed by atoms with Crippen LogP contribution < -0.4 is 5.32 Å². The summed E-state index contributed by atoms with van der Waals surface area (Å²) in [6.45, 7) is 8.18. The zero-order valence-corrected chi connectivity index (χ0v) is 12.1. The summed E-state index contributed by atoms with van der Waals surface area (Å²) in [6, 6.07) is 9.20. The van der Waals surface area contributed by atoms with Gasteiger partial charge in [-0.15, -0.1) is 0 Å². The van der Waals surface area contributed by atoms with Crippen LogP contribution in [0.25, 0.3) is 0 Å². The molecule has 0 aromatic heterocycles. The first-order valence-corrected chi connectivity index (χ1v) is 7.16. The molecular weight excluding hydrogens is 236 g/mol. The van der Waals surface area contributed by atoms with Gasteiger partial charge in [0.1, 0.15) is 0 Å². The minimum absolute atomic E-state index is 0.303. The van der Waals surface area contributed by atoms with Crippen molar-refractivity contribution in [3.8, 4) is 0 Å². The Balaban J connectivity index is 1.87. The Morgan fingerprint density at radius 2 is 2.16 bits per heavy atom. The molecule has 1 aliphatic heterocycles. The van der Waals surface area contributed by atoms with Gasteiger partial charge >= 0.3 is 0 Å². The van der Waals surface area contributed by atoms with Crippen LogP contribution in [-0.2, 0) is 4.79 Å². The van der Waals surface area contributed by atoms with Crippen molar-refractivity contribution >= 4 is 5.91 Å². The van der Waals surface area contributed by atoms with E-state index in [0.29, 0.717) is 18.0 Å². The summed E-state index contributed by atoms with van der Waals surface area (Å²) in [5.41, 5.74) is 2.59. The smallest absolute Gasteiger partial charge is 0.222 e. The summed E-state index contributed by atoms with van der Waals surface area (Å²) in [5.74, 6) is 0.303. The molecule has 104 valence electrons. The van der Waals surface area contributed by atoms with Crippen LogP contribution in [0.3, 0.4) is 0 Å². The third-order valence-corrected chi connectivity index (χ3v) is 3.74. The van der Waals surface area contributed by atoms with Gasteiger partial charge in [-0.1, -0.05) is 29.8 Å². The minimum atomic E-state index is 0.303. The highest BCUT2D eigenvalue weighted by molar-refractivity contribution is 5.78. The molecule has 1 amide bonds. The topological polar surface area (TPSA) is 32.3 Å². The number of amides is 1. The van der Waals surface area contributed by atoms with Crippen LogP contribution in [-0.4, -0.2) is 29.9 Å². The number of nitrogens with zero attached hydrogens (tertiary/aromatic N) is 1. The van der Waals surface area contributed by atoms with E-state index in [4.69, 9.17) is 0 Å². The van der Waals surface area contributed by atoms with Crippen LogP contribution >= 0.6 is 0 Å². The van der Waals surface area contributed by atoms with E-state index in [9.17, 15) is 4.79 Å². The number of carbonyl (C=O) groups is 1. The third-order valence-electron chi connectivity index (χ3n) is 3.74. The molecular formula is C16H24N2O. The minimum Gasteiger partial charge on any atom is -0.341 e. The molecule has 1 heterocycles. The number of hydrogen-bond acceptors (Lipinski definition) is 2. The maximum Gasteiger partial charge on any atom is 0.222 e. The molecule has 2 unspecified atom stereocenters. The maximum atomic E-state index is 11.6. The maximum absolute atomic E-state index is 11.6. The summed E-state index contributed by atoms with van der Waals surface area (Å²) in [7, 11) is 0. The van der Waals surface area contributed by atoms with E-state index in [2.05, 4.69) is 50.4 Å². The van der Waals surface area contributed by atoms with Crippen molar-refractivity contribution in [3.63, 3.8) is 0 Å². The Kier molecular flexibility index (Phi) is 4.59. The van der Waals surface area contributed by atoms with E-state index in [-0.39, 0.29) is 0 Å². The van der Waals surface area contributed by atoms with Crippen molar-refractivity contribution in [2.24, 2.45) is 0 Å². The predicted octanol–water partition coefficient (Wildman–Crippen LogP) is 2.66. The average molecular weight is 260 g/mol. The van der Waals surface area contributed by atoms with Crippen molar-refractivity contribution in [3.05, 3.63) is 35.4 Å². The first kappa shape index (κ1) is 14.1. The van der Waals surface area contributed by atoms with Gasteiger partial charge in [-0.2, -0.15) is 0 Å². The number of nitrogens with one attached hydrogen (secondary N) is 1. The number of carbonyl (C=O) groups excluding carboxylic acids is 1. The molecule has 0 aliphatic carbocycles. The van der Waals surface area contributed by atoms with E-state index >= 15 is 0 Å². The van der Waals surface area contributed by atoms with E-state index in [0.717, 1.165) is 25.9 Å². The molecule has 3 heteroatoms.